The standard InChI is InChI=1S/C30H30N8/c1-3-19(17-20-10-14-31-15-11-20)18-21(4-2)22-8-9-25-28(34-22)29(38-37-25)30-35-24-12-16-33-26(27(24)36-30)23-7-5-6-13-32-23/h3-9,12-13,16,18,20,31H,1,10-11,14-15,17H2,2H3,(H,35,36)(H,37,38)/b19-18+,21-4+. The lowest BCUT2D eigenvalue weighted by atomic mass is 9.90. The number of allylic oxidation sites excluding steroid dienone is 5. The quantitative estimate of drug-likeness (QED) is 0.241. The summed E-state index contributed by atoms with van der Waals surface area (Å²) in [5.74, 6) is 1.32. The van der Waals surface area contributed by atoms with Crippen molar-refractivity contribution in [3.63, 3.8) is 0 Å². The van der Waals surface area contributed by atoms with Crippen LogP contribution in [0.2, 0.25) is 0 Å². The number of nitrogens with zero attached hydrogens (tertiary/aromatic N) is 5. The monoisotopic (exact) mass is 502 g/mol. The van der Waals surface area contributed by atoms with Gasteiger partial charge in [0.2, 0.25) is 0 Å². The van der Waals surface area contributed by atoms with Crippen molar-refractivity contribution in [2.24, 2.45) is 5.92 Å². The summed E-state index contributed by atoms with van der Waals surface area (Å²) in [6.07, 6.45) is 13.3. The number of H-pyrrole nitrogens is 2. The van der Waals surface area contributed by atoms with Crippen LogP contribution >= 0.6 is 0 Å². The summed E-state index contributed by atoms with van der Waals surface area (Å²) >= 11 is 0. The van der Waals surface area contributed by atoms with E-state index in [1.54, 1.807) is 12.4 Å². The molecule has 0 radical (unpaired) electrons. The summed E-state index contributed by atoms with van der Waals surface area (Å²) in [6.45, 7) is 8.31. The van der Waals surface area contributed by atoms with E-state index in [1.807, 2.05) is 49.4 Å². The number of pyridine rings is 3. The first-order chi connectivity index (χ1) is 18.7. The Labute approximate surface area is 221 Å². The van der Waals surface area contributed by atoms with E-state index in [0.29, 0.717) is 17.4 Å². The Morgan fingerprint density at radius 1 is 0.974 bits per heavy atom. The van der Waals surface area contributed by atoms with Crippen LogP contribution in [-0.4, -0.2) is 48.2 Å². The average Bonchev–Trinajstić information content (AvgIpc) is 3.60. The van der Waals surface area contributed by atoms with Gasteiger partial charge < -0.3 is 10.3 Å². The molecule has 5 aromatic rings. The molecule has 0 aromatic carbocycles. The fourth-order valence-electron chi connectivity index (χ4n) is 5.09. The third kappa shape index (κ3) is 4.66. The molecule has 8 nitrogen and oxygen atoms in total. The van der Waals surface area contributed by atoms with Gasteiger partial charge in [0.25, 0.3) is 0 Å². The first kappa shape index (κ1) is 23.9. The summed E-state index contributed by atoms with van der Waals surface area (Å²) in [5, 5.41) is 11.1. The van der Waals surface area contributed by atoms with Crippen LogP contribution in [0.1, 0.15) is 31.9 Å². The maximum atomic E-state index is 5.03. The number of aromatic nitrogens is 7. The number of piperidine rings is 1. The molecule has 0 spiro atoms. The molecule has 0 amide bonds. The highest BCUT2D eigenvalue weighted by molar-refractivity contribution is 5.94. The van der Waals surface area contributed by atoms with Gasteiger partial charge in [-0.15, -0.1) is 0 Å². The van der Waals surface area contributed by atoms with Crippen LogP contribution in [0.4, 0.5) is 0 Å². The molecule has 8 heteroatoms. The minimum Gasteiger partial charge on any atom is -0.336 e. The van der Waals surface area contributed by atoms with E-state index in [4.69, 9.17) is 9.97 Å². The van der Waals surface area contributed by atoms with Crippen LogP contribution in [0.25, 0.3) is 50.5 Å². The van der Waals surface area contributed by atoms with Crippen LogP contribution in [0.5, 0.6) is 0 Å². The molecular formula is C30H30N8. The molecule has 1 aliphatic heterocycles. The number of rotatable bonds is 7. The Kier molecular flexibility index (Phi) is 6.62. The second kappa shape index (κ2) is 10.5. The van der Waals surface area contributed by atoms with Gasteiger partial charge in [0, 0.05) is 12.4 Å². The van der Waals surface area contributed by atoms with Gasteiger partial charge in [0.15, 0.2) is 11.5 Å². The van der Waals surface area contributed by atoms with Crippen molar-refractivity contribution in [1.82, 2.24) is 40.4 Å². The van der Waals surface area contributed by atoms with Crippen LogP contribution < -0.4 is 5.32 Å². The number of nitrogens with one attached hydrogen (secondary N) is 3. The highest BCUT2D eigenvalue weighted by Crippen LogP contribution is 2.30. The fraction of sp³-hybridized carbons (Fsp3) is 0.233. The van der Waals surface area contributed by atoms with Gasteiger partial charge in [0.05, 0.1) is 22.4 Å². The van der Waals surface area contributed by atoms with Crippen LogP contribution in [0.3, 0.4) is 0 Å². The number of aromatic amines is 2. The Balaban J connectivity index is 1.36. The third-order valence-corrected chi connectivity index (χ3v) is 7.13. The lowest BCUT2D eigenvalue weighted by Gasteiger charge is -2.23. The van der Waals surface area contributed by atoms with Gasteiger partial charge in [-0.2, -0.15) is 5.10 Å². The summed E-state index contributed by atoms with van der Waals surface area (Å²) in [7, 11) is 0. The molecule has 0 saturated carbocycles. The van der Waals surface area contributed by atoms with Crippen molar-refractivity contribution in [2.45, 2.75) is 26.2 Å². The molecule has 6 rings (SSSR count). The van der Waals surface area contributed by atoms with E-state index in [2.05, 4.69) is 49.2 Å². The second-order valence-electron chi connectivity index (χ2n) is 9.59. The lowest BCUT2D eigenvalue weighted by molar-refractivity contribution is 0.374. The van der Waals surface area contributed by atoms with Gasteiger partial charge in [0.1, 0.15) is 16.7 Å². The Bertz CT molecular complexity index is 1650. The van der Waals surface area contributed by atoms with Gasteiger partial charge in [-0.25, -0.2) is 9.97 Å². The number of hydrogen-bond acceptors (Lipinski definition) is 6. The lowest BCUT2D eigenvalue weighted by Crippen LogP contribution is -2.27. The van der Waals surface area contributed by atoms with Crippen molar-refractivity contribution < 1.29 is 0 Å². The minimum absolute atomic E-state index is 0.635. The molecule has 6 heterocycles. The Hall–Kier alpha value is -4.43. The zero-order valence-corrected chi connectivity index (χ0v) is 21.4. The average molecular weight is 503 g/mol. The van der Waals surface area contributed by atoms with E-state index < -0.39 is 0 Å². The van der Waals surface area contributed by atoms with Crippen molar-refractivity contribution in [1.29, 1.82) is 0 Å². The zero-order valence-electron chi connectivity index (χ0n) is 21.4. The molecular weight excluding hydrogens is 472 g/mol. The number of imidazole rings is 1. The van der Waals surface area contributed by atoms with E-state index in [9.17, 15) is 0 Å². The summed E-state index contributed by atoms with van der Waals surface area (Å²) < 4.78 is 0. The van der Waals surface area contributed by atoms with E-state index in [0.717, 1.165) is 64.2 Å². The molecule has 0 unspecified atom stereocenters. The number of fused-ring (bicyclic) bond motifs is 2. The van der Waals surface area contributed by atoms with E-state index >= 15 is 0 Å². The molecule has 5 aromatic heterocycles. The van der Waals surface area contributed by atoms with Gasteiger partial charge in [-0.05, 0) is 92.7 Å². The highest BCUT2D eigenvalue weighted by Gasteiger charge is 2.18. The highest BCUT2D eigenvalue weighted by atomic mass is 15.2. The van der Waals surface area contributed by atoms with Crippen LogP contribution in [-0.2, 0) is 0 Å². The molecule has 3 N–H and O–H groups in total. The molecule has 38 heavy (non-hydrogen) atoms. The molecule has 1 fully saturated rings. The molecule has 0 atom stereocenters. The molecule has 0 bridgehead atoms. The van der Waals surface area contributed by atoms with Crippen molar-refractivity contribution in [2.75, 3.05) is 13.1 Å². The van der Waals surface area contributed by atoms with Gasteiger partial charge in [-0.3, -0.25) is 15.1 Å². The zero-order chi connectivity index (χ0) is 25.9. The van der Waals surface area contributed by atoms with Gasteiger partial charge >= 0.3 is 0 Å². The summed E-state index contributed by atoms with van der Waals surface area (Å²) in [5.41, 5.74) is 8.60. The van der Waals surface area contributed by atoms with Crippen molar-refractivity contribution in [3.05, 3.63) is 84.9 Å². The normalized spacial score (nSPS) is 15.4. The van der Waals surface area contributed by atoms with Crippen LogP contribution in [0.15, 0.2) is 79.2 Å². The topological polar surface area (TPSA) is 108 Å². The molecule has 190 valence electrons. The molecule has 0 aliphatic carbocycles. The SMILES string of the molecule is C=C/C(=C\C(=C/C)c1ccc2[nH]nc(-c3nc4c(-c5ccccn5)nccc4[nH]3)c2n1)CC1CCNCC1. The third-order valence-electron chi connectivity index (χ3n) is 7.13. The minimum atomic E-state index is 0.635. The van der Waals surface area contributed by atoms with Crippen LogP contribution in [0, 0.1) is 5.92 Å². The maximum absolute atomic E-state index is 5.03. The van der Waals surface area contributed by atoms with E-state index in [-0.39, 0.29) is 0 Å². The smallest absolute Gasteiger partial charge is 0.161 e. The number of hydrogen-bond donors (Lipinski definition) is 3. The van der Waals surface area contributed by atoms with Gasteiger partial charge in [-0.1, -0.05) is 24.8 Å². The summed E-state index contributed by atoms with van der Waals surface area (Å²) in [4.78, 5) is 22.3. The predicted molar refractivity (Wildman–Crippen MR) is 152 cm³/mol. The van der Waals surface area contributed by atoms with Crippen molar-refractivity contribution in [3.8, 4) is 22.9 Å². The first-order valence-corrected chi connectivity index (χ1v) is 13.1. The Morgan fingerprint density at radius 2 is 1.84 bits per heavy atom. The van der Waals surface area contributed by atoms with E-state index in [1.165, 1.54) is 18.4 Å². The molecule has 1 saturated heterocycles. The second-order valence-corrected chi connectivity index (χ2v) is 9.59. The summed E-state index contributed by atoms with van der Waals surface area (Å²) in [6, 6.07) is 11.7. The van der Waals surface area contributed by atoms with Crippen molar-refractivity contribution >= 4 is 27.6 Å². The first-order valence-electron chi connectivity index (χ1n) is 13.1. The largest absolute Gasteiger partial charge is 0.336 e. The molecule has 1 aliphatic rings. The Morgan fingerprint density at radius 3 is 2.63 bits per heavy atom. The predicted octanol–water partition coefficient (Wildman–Crippen LogP) is 5.86. The fourth-order valence-corrected chi connectivity index (χ4v) is 5.09. The maximum Gasteiger partial charge on any atom is 0.161 e.